The summed E-state index contributed by atoms with van der Waals surface area (Å²) in [5.41, 5.74) is 1.12. The number of carbonyl (C=O) groups is 2. The van der Waals surface area contributed by atoms with Crippen molar-refractivity contribution in [3.63, 3.8) is 0 Å². The maximum atomic E-state index is 13.1. The predicted molar refractivity (Wildman–Crippen MR) is 112 cm³/mol. The van der Waals surface area contributed by atoms with E-state index in [4.69, 9.17) is 14.2 Å². The Morgan fingerprint density at radius 1 is 1.03 bits per heavy atom. The quantitative estimate of drug-likeness (QED) is 0.688. The fraction of sp³-hybridized carbons (Fsp3) is 0.652. The van der Waals surface area contributed by atoms with Crippen LogP contribution in [0.15, 0.2) is 18.2 Å². The van der Waals surface area contributed by atoms with Crippen molar-refractivity contribution in [3.05, 3.63) is 23.8 Å². The van der Waals surface area contributed by atoms with Crippen LogP contribution < -0.4 is 9.47 Å². The molecule has 0 aromatic heterocycles. The zero-order valence-corrected chi connectivity index (χ0v) is 17.8. The van der Waals surface area contributed by atoms with Crippen molar-refractivity contribution in [1.82, 2.24) is 9.80 Å². The summed E-state index contributed by atoms with van der Waals surface area (Å²) in [6, 6.07) is 6.17. The molecule has 3 heterocycles. The molecule has 0 spiro atoms. The van der Waals surface area contributed by atoms with Gasteiger partial charge in [0.15, 0.2) is 11.5 Å². The zero-order chi connectivity index (χ0) is 20.9. The number of amides is 1. The van der Waals surface area contributed by atoms with E-state index >= 15 is 0 Å². The van der Waals surface area contributed by atoms with Gasteiger partial charge in [-0.2, -0.15) is 0 Å². The number of benzene rings is 1. The molecule has 1 aromatic rings. The number of carbonyl (C=O) groups excluding carboxylic acids is 2. The van der Waals surface area contributed by atoms with Crippen LogP contribution in [-0.2, 0) is 14.3 Å². The second-order valence-corrected chi connectivity index (χ2v) is 8.30. The standard InChI is InChI=1S/C23H32N2O5/c1-2-28-23(27)17-8-11-24(12-9-17)16-22(26)25-10-3-5-19(25)18-6-7-20-21(15-18)30-14-4-13-29-20/h6-7,15,17,19H,2-5,8-14,16H2,1H3/t19-/m0/s1. The van der Waals surface area contributed by atoms with Crippen LogP contribution in [0.5, 0.6) is 11.5 Å². The van der Waals surface area contributed by atoms with E-state index in [0.29, 0.717) is 26.4 Å². The number of hydrogen-bond donors (Lipinski definition) is 0. The molecule has 1 atom stereocenters. The van der Waals surface area contributed by atoms with Crippen LogP contribution in [-0.4, -0.2) is 67.7 Å². The predicted octanol–water partition coefficient (Wildman–Crippen LogP) is 2.79. The lowest BCUT2D eigenvalue weighted by atomic mass is 9.97. The Hall–Kier alpha value is -2.28. The number of likely N-dealkylation sites (tertiary alicyclic amines) is 2. The van der Waals surface area contributed by atoms with Crippen LogP contribution in [0.1, 0.15) is 50.6 Å². The first-order chi connectivity index (χ1) is 14.7. The molecule has 164 valence electrons. The summed E-state index contributed by atoms with van der Waals surface area (Å²) in [5.74, 6) is 1.61. The van der Waals surface area contributed by atoms with Gasteiger partial charge in [0, 0.05) is 13.0 Å². The van der Waals surface area contributed by atoms with E-state index in [0.717, 1.165) is 68.8 Å². The Labute approximate surface area is 178 Å². The second-order valence-electron chi connectivity index (χ2n) is 8.30. The van der Waals surface area contributed by atoms with Crippen molar-refractivity contribution >= 4 is 11.9 Å². The molecule has 3 aliphatic heterocycles. The summed E-state index contributed by atoms with van der Waals surface area (Å²) in [5, 5.41) is 0. The van der Waals surface area contributed by atoms with E-state index in [1.807, 2.05) is 24.0 Å². The Morgan fingerprint density at radius 2 is 1.80 bits per heavy atom. The molecule has 0 aliphatic carbocycles. The Bertz CT molecular complexity index is 760. The Morgan fingerprint density at radius 3 is 2.57 bits per heavy atom. The monoisotopic (exact) mass is 416 g/mol. The molecule has 0 N–H and O–H groups in total. The molecule has 30 heavy (non-hydrogen) atoms. The SMILES string of the molecule is CCOC(=O)C1CCN(CC(=O)N2CCC[C@H]2c2ccc3c(c2)OCCCO3)CC1. The minimum Gasteiger partial charge on any atom is -0.490 e. The molecule has 0 radical (unpaired) electrons. The molecular formula is C23H32N2O5. The molecule has 0 bridgehead atoms. The lowest BCUT2D eigenvalue weighted by Gasteiger charge is -2.33. The van der Waals surface area contributed by atoms with E-state index in [9.17, 15) is 9.59 Å². The Kier molecular flexibility index (Phi) is 6.77. The molecule has 2 fully saturated rings. The van der Waals surface area contributed by atoms with Crippen molar-refractivity contribution in [2.75, 3.05) is 46.0 Å². The van der Waals surface area contributed by atoms with Crippen LogP contribution in [0.4, 0.5) is 0 Å². The third kappa shape index (κ3) is 4.72. The fourth-order valence-corrected chi connectivity index (χ4v) is 4.67. The van der Waals surface area contributed by atoms with Crippen molar-refractivity contribution < 1.29 is 23.8 Å². The van der Waals surface area contributed by atoms with Crippen molar-refractivity contribution in [3.8, 4) is 11.5 Å². The third-order valence-electron chi connectivity index (χ3n) is 6.30. The maximum absolute atomic E-state index is 13.1. The van der Waals surface area contributed by atoms with Gasteiger partial charge < -0.3 is 19.1 Å². The second kappa shape index (κ2) is 9.69. The topological polar surface area (TPSA) is 68.3 Å². The molecular weight excluding hydrogens is 384 g/mol. The third-order valence-corrected chi connectivity index (χ3v) is 6.30. The van der Waals surface area contributed by atoms with Crippen molar-refractivity contribution in [1.29, 1.82) is 0 Å². The van der Waals surface area contributed by atoms with Crippen LogP contribution in [0.3, 0.4) is 0 Å². The number of fused-ring (bicyclic) bond motifs is 1. The zero-order valence-electron chi connectivity index (χ0n) is 17.8. The molecule has 4 rings (SSSR count). The average molecular weight is 417 g/mol. The van der Waals surface area contributed by atoms with Gasteiger partial charge in [0.25, 0.3) is 0 Å². The summed E-state index contributed by atoms with van der Waals surface area (Å²) >= 11 is 0. The molecule has 2 saturated heterocycles. The number of nitrogens with zero attached hydrogens (tertiary/aromatic N) is 2. The summed E-state index contributed by atoms with van der Waals surface area (Å²) < 4.78 is 16.7. The highest BCUT2D eigenvalue weighted by Gasteiger charge is 2.33. The number of rotatable bonds is 5. The summed E-state index contributed by atoms with van der Waals surface area (Å²) in [6.45, 7) is 6.32. The van der Waals surface area contributed by atoms with Crippen LogP contribution in [0.2, 0.25) is 0 Å². The van der Waals surface area contributed by atoms with Gasteiger partial charge in [-0.3, -0.25) is 14.5 Å². The summed E-state index contributed by atoms with van der Waals surface area (Å²) in [4.78, 5) is 29.2. The first-order valence-corrected chi connectivity index (χ1v) is 11.2. The number of hydrogen-bond acceptors (Lipinski definition) is 6. The van der Waals surface area contributed by atoms with Gasteiger partial charge in [0.05, 0.1) is 38.3 Å². The molecule has 1 aromatic carbocycles. The highest BCUT2D eigenvalue weighted by molar-refractivity contribution is 5.79. The first kappa shape index (κ1) is 21.0. The average Bonchev–Trinajstić information content (AvgIpc) is 3.13. The van der Waals surface area contributed by atoms with E-state index in [2.05, 4.69) is 11.0 Å². The van der Waals surface area contributed by atoms with E-state index < -0.39 is 0 Å². The van der Waals surface area contributed by atoms with Crippen LogP contribution in [0, 0.1) is 5.92 Å². The largest absolute Gasteiger partial charge is 0.490 e. The van der Waals surface area contributed by atoms with Gasteiger partial charge in [-0.1, -0.05) is 6.07 Å². The summed E-state index contributed by atoms with van der Waals surface area (Å²) in [6.07, 6.45) is 4.38. The molecule has 7 nitrogen and oxygen atoms in total. The number of ether oxygens (including phenoxy) is 3. The molecule has 3 aliphatic rings. The molecule has 1 amide bonds. The smallest absolute Gasteiger partial charge is 0.309 e. The van der Waals surface area contributed by atoms with Crippen molar-refractivity contribution in [2.24, 2.45) is 5.92 Å². The Balaban J connectivity index is 1.35. The molecule has 0 unspecified atom stereocenters. The molecule has 0 saturated carbocycles. The van der Waals surface area contributed by atoms with E-state index in [1.165, 1.54) is 0 Å². The van der Waals surface area contributed by atoms with Gasteiger partial charge in [-0.05, 0) is 63.4 Å². The number of esters is 1. The highest BCUT2D eigenvalue weighted by Crippen LogP contribution is 2.38. The van der Waals surface area contributed by atoms with E-state index in [-0.39, 0.29) is 23.8 Å². The summed E-state index contributed by atoms with van der Waals surface area (Å²) in [7, 11) is 0. The lowest BCUT2D eigenvalue weighted by molar-refractivity contribution is -0.149. The minimum atomic E-state index is -0.0995. The van der Waals surface area contributed by atoms with Crippen LogP contribution in [0.25, 0.3) is 0 Å². The first-order valence-electron chi connectivity index (χ1n) is 11.2. The van der Waals surface area contributed by atoms with Gasteiger partial charge in [-0.25, -0.2) is 0 Å². The minimum absolute atomic E-state index is 0.0300. The van der Waals surface area contributed by atoms with Crippen LogP contribution >= 0.6 is 0 Å². The van der Waals surface area contributed by atoms with Gasteiger partial charge in [0.2, 0.25) is 5.91 Å². The molecule has 7 heteroatoms. The maximum Gasteiger partial charge on any atom is 0.309 e. The highest BCUT2D eigenvalue weighted by atomic mass is 16.5. The number of piperidine rings is 1. The van der Waals surface area contributed by atoms with Gasteiger partial charge in [0.1, 0.15) is 0 Å². The normalized spacial score (nSPS) is 22.6. The lowest BCUT2D eigenvalue weighted by Crippen LogP contribution is -2.44. The van der Waals surface area contributed by atoms with E-state index in [1.54, 1.807) is 0 Å². The van der Waals surface area contributed by atoms with Crippen molar-refractivity contribution in [2.45, 2.75) is 45.1 Å². The van der Waals surface area contributed by atoms with Gasteiger partial charge in [-0.15, -0.1) is 0 Å². The fourth-order valence-electron chi connectivity index (χ4n) is 4.67. The van der Waals surface area contributed by atoms with Gasteiger partial charge >= 0.3 is 5.97 Å².